The molecule has 25 heavy (non-hydrogen) atoms. The van der Waals surface area contributed by atoms with Gasteiger partial charge in [-0.3, -0.25) is 4.79 Å². The molecule has 1 aliphatic heterocycles. The molecule has 1 heterocycles. The van der Waals surface area contributed by atoms with Gasteiger partial charge in [0.05, 0.1) is 5.25 Å². The van der Waals surface area contributed by atoms with Crippen LogP contribution in [0.25, 0.3) is 0 Å². The number of thioether (sulfide) groups is 1. The van der Waals surface area contributed by atoms with Gasteiger partial charge in [0.25, 0.3) is 0 Å². The third-order valence-electron chi connectivity index (χ3n) is 4.30. The predicted molar refractivity (Wildman–Crippen MR) is 104 cm³/mol. The number of hydrogen-bond acceptors (Lipinski definition) is 3. The van der Waals surface area contributed by atoms with Crippen molar-refractivity contribution in [2.24, 2.45) is 0 Å². The number of urea groups is 1. The third kappa shape index (κ3) is 4.91. The highest BCUT2D eigenvalue weighted by Crippen LogP contribution is 2.42. The molecule has 6 heteroatoms. The van der Waals surface area contributed by atoms with E-state index in [1.54, 1.807) is 16.7 Å². The standard InChI is InChI=1S/C19H29N3O2S/c1-6-21(19(24)20-13(2)3)11-12-22-17(23)15(5)25-18(22)16-9-7-14(4)8-10-16/h7-10,13,15,18H,6,11-12H2,1-5H3,(H,20,24). The largest absolute Gasteiger partial charge is 0.336 e. The van der Waals surface area contributed by atoms with Crippen LogP contribution in [0.2, 0.25) is 0 Å². The van der Waals surface area contributed by atoms with E-state index in [1.807, 2.05) is 32.6 Å². The Kier molecular flexibility index (Phi) is 6.76. The van der Waals surface area contributed by atoms with Crippen molar-refractivity contribution < 1.29 is 9.59 Å². The maximum Gasteiger partial charge on any atom is 0.317 e. The normalized spacial score (nSPS) is 20.2. The summed E-state index contributed by atoms with van der Waals surface area (Å²) in [5, 5.41) is 2.89. The molecule has 0 aliphatic carbocycles. The first-order valence-corrected chi connectivity index (χ1v) is 9.85. The van der Waals surface area contributed by atoms with Crippen LogP contribution in [0.3, 0.4) is 0 Å². The minimum atomic E-state index is -0.0725. The van der Waals surface area contributed by atoms with Crippen LogP contribution >= 0.6 is 11.8 Å². The van der Waals surface area contributed by atoms with E-state index >= 15 is 0 Å². The molecule has 1 fully saturated rings. The van der Waals surface area contributed by atoms with Crippen molar-refractivity contribution in [3.8, 4) is 0 Å². The lowest BCUT2D eigenvalue weighted by molar-refractivity contribution is -0.129. The predicted octanol–water partition coefficient (Wildman–Crippen LogP) is 3.40. The van der Waals surface area contributed by atoms with Gasteiger partial charge in [0, 0.05) is 25.7 Å². The van der Waals surface area contributed by atoms with Gasteiger partial charge in [-0.2, -0.15) is 0 Å². The van der Waals surface area contributed by atoms with Gasteiger partial charge in [-0.25, -0.2) is 4.79 Å². The minimum absolute atomic E-state index is 0.0231. The first-order valence-electron chi connectivity index (χ1n) is 8.91. The number of aryl methyl sites for hydroxylation is 1. The van der Waals surface area contributed by atoms with Gasteiger partial charge in [0.2, 0.25) is 5.91 Å². The monoisotopic (exact) mass is 363 g/mol. The topological polar surface area (TPSA) is 52.7 Å². The fraction of sp³-hybridized carbons (Fsp3) is 0.579. The molecular formula is C19H29N3O2S. The Balaban J connectivity index is 2.07. The minimum Gasteiger partial charge on any atom is -0.336 e. The average Bonchev–Trinajstić information content (AvgIpc) is 2.83. The lowest BCUT2D eigenvalue weighted by Gasteiger charge is -2.28. The highest BCUT2D eigenvalue weighted by atomic mass is 32.2. The van der Waals surface area contributed by atoms with E-state index in [-0.39, 0.29) is 28.6 Å². The Hall–Kier alpha value is -1.69. The summed E-state index contributed by atoms with van der Waals surface area (Å²) in [7, 11) is 0. The Morgan fingerprint density at radius 3 is 2.52 bits per heavy atom. The van der Waals surface area contributed by atoms with Crippen LogP contribution < -0.4 is 5.32 Å². The first-order chi connectivity index (χ1) is 11.8. The molecule has 138 valence electrons. The maximum atomic E-state index is 12.6. The summed E-state index contributed by atoms with van der Waals surface area (Å²) >= 11 is 1.68. The molecule has 1 aliphatic rings. The van der Waals surface area contributed by atoms with E-state index in [2.05, 4.69) is 36.5 Å². The van der Waals surface area contributed by atoms with Crippen LogP contribution in [0.4, 0.5) is 4.79 Å². The van der Waals surface area contributed by atoms with E-state index in [4.69, 9.17) is 0 Å². The van der Waals surface area contributed by atoms with Crippen molar-refractivity contribution in [1.29, 1.82) is 0 Å². The Labute approximate surface area is 155 Å². The van der Waals surface area contributed by atoms with E-state index in [0.717, 1.165) is 5.56 Å². The summed E-state index contributed by atoms with van der Waals surface area (Å²) in [4.78, 5) is 28.5. The van der Waals surface area contributed by atoms with Gasteiger partial charge in [-0.1, -0.05) is 29.8 Å². The molecule has 1 saturated heterocycles. The quantitative estimate of drug-likeness (QED) is 0.843. The number of nitrogens with zero attached hydrogens (tertiary/aromatic N) is 2. The molecule has 0 bridgehead atoms. The summed E-state index contributed by atoms with van der Waals surface area (Å²) in [5.41, 5.74) is 2.35. The van der Waals surface area contributed by atoms with E-state index in [1.165, 1.54) is 5.56 Å². The van der Waals surface area contributed by atoms with Crippen molar-refractivity contribution in [2.45, 2.75) is 51.3 Å². The van der Waals surface area contributed by atoms with E-state index < -0.39 is 0 Å². The number of amides is 3. The second-order valence-corrected chi connectivity index (χ2v) is 8.18. The Morgan fingerprint density at radius 1 is 1.32 bits per heavy atom. The molecular weight excluding hydrogens is 334 g/mol. The summed E-state index contributed by atoms with van der Waals surface area (Å²) in [6, 6.07) is 8.37. The third-order valence-corrected chi connectivity index (χ3v) is 5.70. The molecule has 1 aromatic rings. The smallest absolute Gasteiger partial charge is 0.317 e. The lowest BCUT2D eigenvalue weighted by atomic mass is 10.1. The number of hydrogen-bond donors (Lipinski definition) is 1. The fourth-order valence-electron chi connectivity index (χ4n) is 2.86. The second-order valence-electron chi connectivity index (χ2n) is 6.76. The SMILES string of the molecule is CCN(CCN1C(=O)C(C)SC1c1ccc(C)cc1)C(=O)NC(C)C. The maximum absolute atomic E-state index is 12.6. The van der Waals surface area contributed by atoms with Gasteiger partial charge in [0.1, 0.15) is 5.37 Å². The van der Waals surface area contributed by atoms with Crippen molar-refractivity contribution in [3.05, 3.63) is 35.4 Å². The Bertz CT molecular complexity index is 603. The summed E-state index contributed by atoms with van der Waals surface area (Å²) in [6.45, 7) is 11.6. The highest BCUT2D eigenvalue weighted by molar-refractivity contribution is 8.01. The van der Waals surface area contributed by atoms with Gasteiger partial charge >= 0.3 is 6.03 Å². The number of nitrogens with one attached hydrogen (secondary N) is 1. The number of carbonyl (C=O) groups is 2. The van der Waals surface area contributed by atoms with Crippen LogP contribution in [-0.4, -0.2) is 52.7 Å². The molecule has 0 aromatic heterocycles. The van der Waals surface area contributed by atoms with Crippen LogP contribution in [0, 0.1) is 6.92 Å². The van der Waals surface area contributed by atoms with Gasteiger partial charge in [-0.15, -0.1) is 11.8 Å². The van der Waals surface area contributed by atoms with Crippen LogP contribution in [0.15, 0.2) is 24.3 Å². The van der Waals surface area contributed by atoms with Crippen molar-refractivity contribution in [1.82, 2.24) is 15.1 Å². The zero-order valence-electron chi connectivity index (χ0n) is 15.8. The zero-order valence-corrected chi connectivity index (χ0v) is 16.6. The molecule has 0 radical (unpaired) electrons. The summed E-state index contributed by atoms with van der Waals surface area (Å²) in [5.74, 6) is 0.149. The molecule has 5 nitrogen and oxygen atoms in total. The van der Waals surface area contributed by atoms with Crippen molar-refractivity contribution >= 4 is 23.7 Å². The zero-order chi connectivity index (χ0) is 18.6. The second kappa shape index (κ2) is 8.61. The number of likely N-dealkylation sites (N-methyl/N-ethyl adjacent to an activating group) is 1. The van der Waals surface area contributed by atoms with Crippen LogP contribution in [-0.2, 0) is 4.79 Å². The highest BCUT2D eigenvalue weighted by Gasteiger charge is 2.38. The summed E-state index contributed by atoms with van der Waals surface area (Å²) < 4.78 is 0. The molecule has 2 unspecified atom stereocenters. The fourth-order valence-corrected chi connectivity index (χ4v) is 4.17. The molecule has 2 rings (SSSR count). The first kappa shape index (κ1) is 19.6. The van der Waals surface area contributed by atoms with Crippen LogP contribution in [0.5, 0.6) is 0 Å². The van der Waals surface area contributed by atoms with E-state index in [9.17, 15) is 9.59 Å². The van der Waals surface area contributed by atoms with E-state index in [0.29, 0.717) is 19.6 Å². The number of carbonyl (C=O) groups excluding carboxylic acids is 2. The average molecular weight is 364 g/mol. The van der Waals surface area contributed by atoms with Gasteiger partial charge < -0.3 is 15.1 Å². The van der Waals surface area contributed by atoms with Gasteiger partial charge in [-0.05, 0) is 40.2 Å². The molecule has 3 amide bonds. The Morgan fingerprint density at radius 2 is 1.96 bits per heavy atom. The molecule has 1 aromatic carbocycles. The molecule has 2 atom stereocenters. The molecule has 0 saturated carbocycles. The lowest BCUT2D eigenvalue weighted by Crippen LogP contribution is -2.46. The molecule has 0 spiro atoms. The van der Waals surface area contributed by atoms with Crippen molar-refractivity contribution in [2.75, 3.05) is 19.6 Å². The van der Waals surface area contributed by atoms with Gasteiger partial charge in [0.15, 0.2) is 0 Å². The summed E-state index contributed by atoms with van der Waals surface area (Å²) in [6.07, 6.45) is 0. The molecule has 1 N–H and O–H groups in total. The van der Waals surface area contributed by atoms with Crippen LogP contribution in [0.1, 0.15) is 44.2 Å². The number of benzene rings is 1. The van der Waals surface area contributed by atoms with Crippen molar-refractivity contribution in [3.63, 3.8) is 0 Å². The number of rotatable bonds is 6.